The van der Waals surface area contributed by atoms with Gasteiger partial charge >= 0.3 is 0 Å². The minimum Gasteiger partial charge on any atom is -0.494 e. The van der Waals surface area contributed by atoms with Gasteiger partial charge in [-0.3, -0.25) is 0 Å². The van der Waals surface area contributed by atoms with Crippen LogP contribution < -0.4 is 4.74 Å². The van der Waals surface area contributed by atoms with Crippen molar-refractivity contribution in [2.45, 2.75) is 78.4 Å². The highest BCUT2D eigenvalue weighted by Gasteiger charge is 2.23. The quantitative estimate of drug-likeness (QED) is 0.295. The van der Waals surface area contributed by atoms with Crippen LogP contribution in [0, 0.1) is 11.8 Å². The van der Waals surface area contributed by atoms with Crippen LogP contribution in [0.25, 0.3) is 11.1 Å². The Balaban J connectivity index is 1.43. The van der Waals surface area contributed by atoms with Gasteiger partial charge in [-0.05, 0) is 48.4 Å². The SMILES string of the molecule is CCCCCCC1COC(c2ccc(-c3ccc(OCCC[C@@H](C)CC)cc3)cc2)OC1. The predicted molar refractivity (Wildman–Crippen MR) is 133 cm³/mol. The number of rotatable bonds is 13. The Bertz CT molecular complexity index is 745. The molecule has 0 aliphatic carbocycles. The first-order valence-corrected chi connectivity index (χ1v) is 12.8. The van der Waals surface area contributed by atoms with Gasteiger partial charge in [0.1, 0.15) is 5.75 Å². The van der Waals surface area contributed by atoms with Crippen molar-refractivity contribution in [2.75, 3.05) is 19.8 Å². The number of unbranched alkanes of at least 4 members (excludes halogenated alkanes) is 3. The van der Waals surface area contributed by atoms with E-state index in [4.69, 9.17) is 14.2 Å². The van der Waals surface area contributed by atoms with Gasteiger partial charge in [0.25, 0.3) is 0 Å². The molecule has 1 aliphatic rings. The van der Waals surface area contributed by atoms with Crippen LogP contribution in [0.2, 0.25) is 0 Å². The van der Waals surface area contributed by atoms with E-state index in [0.717, 1.165) is 43.5 Å². The monoisotopic (exact) mass is 438 g/mol. The summed E-state index contributed by atoms with van der Waals surface area (Å²) in [5.41, 5.74) is 3.49. The molecular formula is C29H42O3. The Labute approximate surface area is 195 Å². The van der Waals surface area contributed by atoms with E-state index < -0.39 is 0 Å². The Morgan fingerprint density at radius 1 is 0.844 bits per heavy atom. The van der Waals surface area contributed by atoms with Crippen LogP contribution in [0.5, 0.6) is 5.75 Å². The van der Waals surface area contributed by atoms with Crippen molar-refractivity contribution < 1.29 is 14.2 Å². The van der Waals surface area contributed by atoms with Gasteiger partial charge in [0.15, 0.2) is 6.29 Å². The Morgan fingerprint density at radius 2 is 1.50 bits per heavy atom. The van der Waals surface area contributed by atoms with Crippen LogP contribution in [-0.2, 0) is 9.47 Å². The van der Waals surface area contributed by atoms with Crippen molar-refractivity contribution >= 4 is 0 Å². The zero-order valence-corrected chi connectivity index (χ0v) is 20.4. The van der Waals surface area contributed by atoms with E-state index >= 15 is 0 Å². The van der Waals surface area contributed by atoms with Crippen molar-refractivity contribution in [3.63, 3.8) is 0 Å². The summed E-state index contributed by atoms with van der Waals surface area (Å²) in [5.74, 6) is 2.27. The minimum absolute atomic E-state index is 0.234. The van der Waals surface area contributed by atoms with Crippen molar-refractivity contribution in [3.8, 4) is 16.9 Å². The highest BCUT2D eigenvalue weighted by atomic mass is 16.7. The molecule has 3 rings (SSSR count). The first kappa shape index (κ1) is 24.8. The van der Waals surface area contributed by atoms with Crippen LogP contribution in [0.4, 0.5) is 0 Å². The molecule has 2 aromatic carbocycles. The zero-order valence-electron chi connectivity index (χ0n) is 20.4. The van der Waals surface area contributed by atoms with Crippen LogP contribution in [0.1, 0.15) is 84.0 Å². The number of benzene rings is 2. The van der Waals surface area contributed by atoms with Crippen molar-refractivity contribution in [1.82, 2.24) is 0 Å². The zero-order chi connectivity index (χ0) is 22.6. The molecule has 0 amide bonds. The topological polar surface area (TPSA) is 27.7 Å². The number of hydrogen-bond donors (Lipinski definition) is 0. The van der Waals surface area contributed by atoms with Gasteiger partial charge < -0.3 is 14.2 Å². The standard InChI is InChI=1S/C29H42O3/c1-4-6-7-8-11-24-21-31-29(32-22-24)27-14-12-25(13-15-27)26-16-18-28(19-17-26)30-20-9-10-23(3)5-2/h12-19,23-24,29H,4-11,20-22H2,1-3H3/t23-,24?,29?/m0/s1. The Hall–Kier alpha value is -1.84. The molecule has 0 spiro atoms. The molecule has 3 heteroatoms. The molecule has 0 bridgehead atoms. The third kappa shape index (κ3) is 7.94. The van der Waals surface area contributed by atoms with E-state index in [9.17, 15) is 0 Å². The molecule has 32 heavy (non-hydrogen) atoms. The van der Waals surface area contributed by atoms with Crippen molar-refractivity contribution in [2.24, 2.45) is 11.8 Å². The lowest BCUT2D eigenvalue weighted by molar-refractivity contribution is -0.206. The first-order valence-electron chi connectivity index (χ1n) is 12.8. The molecule has 1 aliphatic heterocycles. The summed E-state index contributed by atoms with van der Waals surface area (Å²) >= 11 is 0. The van der Waals surface area contributed by atoms with Gasteiger partial charge in [0.2, 0.25) is 0 Å². The summed E-state index contributed by atoms with van der Waals surface area (Å²) < 4.78 is 18.0. The van der Waals surface area contributed by atoms with E-state index in [-0.39, 0.29) is 6.29 Å². The Morgan fingerprint density at radius 3 is 2.12 bits per heavy atom. The van der Waals surface area contributed by atoms with Crippen LogP contribution in [-0.4, -0.2) is 19.8 Å². The number of hydrogen-bond acceptors (Lipinski definition) is 3. The second-order valence-electron chi connectivity index (χ2n) is 9.36. The molecule has 0 N–H and O–H groups in total. The fraction of sp³-hybridized carbons (Fsp3) is 0.586. The fourth-order valence-corrected chi connectivity index (χ4v) is 4.16. The molecule has 0 saturated carbocycles. The smallest absolute Gasteiger partial charge is 0.183 e. The van der Waals surface area contributed by atoms with Crippen LogP contribution >= 0.6 is 0 Å². The summed E-state index contributed by atoms with van der Waals surface area (Å²) in [6.45, 7) is 9.20. The first-order chi connectivity index (χ1) is 15.7. The maximum Gasteiger partial charge on any atom is 0.183 e. The van der Waals surface area contributed by atoms with Gasteiger partial charge in [-0.1, -0.05) is 89.3 Å². The molecule has 1 fully saturated rings. The maximum absolute atomic E-state index is 6.02. The van der Waals surface area contributed by atoms with Gasteiger partial charge in [-0.2, -0.15) is 0 Å². The average Bonchev–Trinajstić information content (AvgIpc) is 2.85. The summed E-state index contributed by atoms with van der Waals surface area (Å²) in [6.07, 6.45) is 9.79. The molecule has 1 atom stereocenters. The minimum atomic E-state index is -0.234. The second kappa shape index (κ2) is 13.6. The lowest BCUT2D eigenvalue weighted by atomic mass is 10.0. The highest BCUT2D eigenvalue weighted by Crippen LogP contribution is 2.30. The van der Waals surface area contributed by atoms with Crippen LogP contribution in [0.3, 0.4) is 0 Å². The Kier molecular flexibility index (Phi) is 10.6. The van der Waals surface area contributed by atoms with E-state index in [1.807, 2.05) is 0 Å². The number of ether oxygens (including phenoxy) is 3. The summed E-state index contributed by atoms with van der Waals surface area (Å²) in [7, 11) is 0. The molecule has 0 aromatic heterocycles. The van der Waals surface area contributed by atoms with E-state index in [0.29, 0.717) is 5.92 Å². The van der Waals surface area contributed by atoms with Crippen LogP contribution in [0.15, 0.2) is 48.5 Å². The van der Waals surface area contributed by atoms with Crippen molar-refractivity contribution in [1.29, 1.82) is 0 Å². The molecule has 176 valence electrons. The van der Waals surface area contributed by atoms with E-state index in [1.165, 1.54) is 56.1 Å². The third-order valence-electron chi connectivity index (χ3n) is 6.61. The molecular weight excluding hydrogens is 396 g/mol. The molecule has 1 heterocycles. The molecule has 2 aromatic rings. The van der Waals surface area contributed by atoms with E-state index in [1.54, 1.807) is 0 Å². The summed E-state index contributed by atoms with van der Waals surface area (Å²) in [6, 6.07) is 17.0. The lowest BCUT2D eigenvalue weighted by Crippen LogP contribution is -2.27. The largest absolute Gasteiger partial charge is 0.494 e. The predicted octanol–water partition coefficient (Wildman–Crippen LogP) is 8.19. The van der Waals surface area contributed by atoms with E-state index in [2.05, 4.69) is 69.3 Å². The molecule has 1 saturated heterocycles. The third-order valence-corrected chi connectivity index (χ3v) is 6.61. The van der Waals surface area contributed by atoms with Gasteiger partial charge in [-0.15, -0.1) is 0 Å². The molecule has 0 radical (unpaired) electrons. The van der Waals surface area contributed by atoms with Gasteiger partial charge in [0.05, 0.1) is 19.8 Å². The summed E-state index contributed by atoms with van der Waals surface area (Å²) in [5, 5.41) is 0. The summed E-state index contributed by atoms with van der Waals surface area (Å²) in [4.78, 5) is 0. The van der Waals surface area contributed by atoms with Gasteiger partial charge in [0, 0.05) is 11.5 Å². The fourth-order valence-electron chi connectivity index (χ4n) is 4.16. The average molecular weight is 439 g/mol. The highest BCUT2D eigenvalue weighted by molar-refractivity contribution is 5.64. The maximum atomic E-state index is 6.02. The normalized spacial score (nSPS) is 19.6. The second-order valence-corrected chi connectivity index (χ2v) is 9.36. The molecule has 3 nitrogen and oxygen atoms in total. The van der Waals surface area contributed by atoms with Gasteiger partial charge in [-0.25, -0.2) is 0 Å². The molecule has 0 unspecified atom stereocenters. The van der Waals surface area contributed by atoms with Crippen molar-refractivity contribution in [3.05, 3.63) is 54.1 Å². The lowest BCUT2D eigenvalue weighted by Gasteiger charge is -2.29.